The molecule has 0 aliphatic carbocycles. The molecule has 0 atom stereocenters. The van der Waals surface area contributed by atoms with Crippen LogP contribution in [0.4, 0.5) is 4.39 Å². The Balaban J connectivity index is 1.39. The molecular formula is C19H16FN5O. The summed E-state index contributed by atoms with van der Waals surface area (Å²) in [6.45, 7) is 0.488. The average Bonchev–Trinajstić information content (AvgIpc) is 3.28. The third-order valence-corrected chi connectivity index (χ3v) is 4.21. The van der Waals surface area contributed by atoms with E-state index in [-0.39, 0.29) is 11.6 Å². The topological polar surface area (TPSA) is 76.5 Å². The Morgan fingerprint density at radius 2 is 1.92 bits per heavy atom. The van der Waals surface area contributed by atoms with Crippen LogP contribution >= 0.6 is 0 Å². The second-order valence-corrected chi connectivity index (χ2v) is 5.99. The summed E-state index contributed by atoms with van der Waals surface area (Å²) in [5.74, 6) is 0.174. The summed E-state index contributed by atoms with van der Waals surface area (Å²) in [6, 6.07) is 13.5. The Kier molecular flexibility index (Phi) is 4.27. The van der Waals surface area contributed by atoms with Gasteiger partial charge in [-0.05, 0) is 42.0 Å². The first-order chi connectivity index (χ1) is 12.7. The predicted molar refractivity (Wildman–Crippen MR) is 95.1 cm³/mol. The van der Waals surface area contributed by atoms with Gasteiger partial charge in [0.1, 0.15) is 5.82 Å². The van der Waals surface area contributed by atoms with Crippen LogP contribution in [0.15, 0.2) is 54.7 Å². The number of nitrogens with zero attached hydrogens (tertiary/aromatic N) is 4. The monoisotopic (exact) mass is 349 g/mol. The summed E-state index contributed by atoms with van der Waals surface area (Å²) in [5.41, 5.74) is 2.43. The quantitative estimate of drug-likeness (QED) is 0.539. The lowest BCUT2D eigenvalue weighted by Gasteiger charge is -2.01. The summed E-state index contributed by atoms with van der Waals surface area (Å²) >= 11 is 0. The number of carbonyl (C=O) groups excluding carboxylic acids is 1. The summed E-state index contributed by atoms with van der Waals surface area (Å²) < 4.78 is 12.9. The van der Waals surface area contributed by atoms with Crippen molar-refractivity contribution in [1.29, 1.82) is 0 Å². The first kappa shape index (κ1) is 16.1. The number of carbonyl (C=O) groups is 1. The van der Waals surface area contributed by atoms with Crippen molar-refractivity contribution in [3.05, 3.63) is 66.1 Å². The lowest BCUT2D eigenvalue weighted by atomic mass is 10.1. The lowest BCUT2D eigenvalue weighted by Crippen LogP contribution is -2.06. The van der Waals surface area contributed by atoms with Gasteiger partial charge in [0, 0.05) is 34.6 Å². The summed E-state index contributed by atoms with van der Waals surface area (Å²) in [6.07, 6.45) is 2.79. The van der Waals surface area contributed by atoms with Gasteiger partial charge < -0.3 is 4.98 Å². The van der Waals surface area contributed by atoms with Crippen molar-refractivity contribution in [2.45, 2.75) is 19.4 Å². The number of hydrogen-bond donors (Lipinski definition) is 1. The van der Waals surface area contributed by atoms with Gasteiger partial charge in [-0.3, -0.25) is 4.79 Å². The molecule has 0 bridgehead atoms. The molecule has 2 aromatic carbocycles. The standard InChI is InChI=1S/C19H16FN5O/c20-14-9-7-13(8-10-14)18(26)6-3-11-25-23-19(22-24-25)16-12-21-17-5-2-1-4-15(16)17/h1-2,4-5,7-10,12,21H,3,6,11H2. The van der Waals surface area contributed by atoms with E-state index < -0.39 is 0 Å². The molecule has 0 aliphatic rings. The molecule has 4 aromatic rings. The molecule has 4 rings (SSSR count). The molecule has 0 aliphatic heterocycles. The van der Waals surface area contributed by atoms with Crippen LogP contribution in [0.1, 0.15) is 23.2 Å². The van der Waals surface area contributed by atoms with E-state index in [0.717, 1.165) is 16.5 Å². The van der Waals surface area contributed by atoms with Crippen LogP contribution in [-0.4, -0.2) is 31.0 Å². The van der Waals surface area contributed by atoms with Crippen molar-refractivity contribution in [2.75, 3.05) is 0 Å². The van der Waals surface area contributed by atoms with E-state index in [0.29, 0.717) is 30.8 Å². The highest BCUT2D eigenvalue weighted by Gasteiger charge is 2.12. The molecule has 1 N–H and O–H groups in total. The molecule has 6 nitrogen and oxygen atoms in total. The van der Waals surface area contributed by atoms with Crippen LogP contribution in [-0.2, 0) is 6.54 Å². The molecule has 0 amide bonds. The molecule has 26 heavy (non-hydrogen) atoms. The average molecular weight is 349 g/mol. The SMILES string of the molecule is O=C(CCCn1nnc(-c2c[nH]c3ccccc23)n1)c1ccc(F)cc1. The predicted octanol–water partition coefficient (Wildman–Crippen LogP) is 3.62. The maximum absolute atomic E-state index is 12.9. The first-order valence-electron chi connectivity index (χ1n) is 8.34. The number of Topliss-reactive ketones (excluding diaryl/α,β-unsaturated/α-hetero) is 1. The number of rotatable bonds is 6. The van der Waals surface area contributed by atoms with E-state index in [4.69, 9.17) is 0 Å². The van der Waals surface area contributed by atoms with Crippen molar-refractivity contribution in [3.8, 4) is 11.4 Å². The van der Waals surface area contributed by atoms with E-state index in [1.165, 1.54) is 29.1 Å². The van der Waals surface area contributed by atoms with Crippen LogP contribution in [0, 0.1) is 5.82 Å². The van der Waals surface area contributed by atoms with Crippen molar-refractivity contribution in [2.24, 2.45) is 0 Å². The Labute approximate surface area is 148 Å². The molecule has 2 aromatic heterocycles. The van der Waals surface area contributed by atoms with E-state index in [9.17, 15) is 9.18 Å². The fourth-order valence-electron chi connectivity index (χ4n) is 2.86. The highest BCUT2D eigenvalue weighted by Crippen LogP contribution is 2.25. The molecule has 0 fully saturated rings. The minimum atomic E-state index is -0.349. The Morgan fingerprint density at radius 3 is 2.77 bits per heavy atom. The van der Waals surface area contributed by atoms with Crippen LogP contribution in [0.2, 0.25) is 0 Å². The van der Waals surface area contributed by atoms with Crippen LogP contribution in [0.5, 0.6) is 0 Å². The van der Waals surface area contributed by atoms with Gasteiger partial charge in [0.05, 0.1) is 6.54 Å². The van der Waals surface area contributed by atoms with Gasteiger partial charge in [0.25, 0.3) is 0 Å². The molecule has 7 heteroatoms. The molecule has 0 radical (unpaired) electrons. The molecular weight excluding hydrogens is 333 g/mol. The number of hydrogen-bond acceptors (Lipinski definition) is 4. The fourth-order valence-corrected chi connectivity index (χ4v) is 2.86. The maximum atomic E-state index is 12.9. The second kappa shape index (κ2) is 6.87. The molecule has 2 heterocycles. The first-order valence-corrected chi connectivity index (χ1v) is 8.34. The number of aryl methyl sites for hydroxylation is 1. The number of tetrazole rings is 1. The van der Waals surface area contributed by atoms with Gasteiger partial charge in [-0.1, -0.05) is 18.2 Å². The number of H-pyrrole nitrogens is 1. The fraction of sp³-hybridized carbons (Fsp3) is 0.158. The number of aromatic nitrogens is 5. The van der Waals surface area contributed by atoms with Crippen LogP contribution in [0.25, 0.3) is 22.3 Å². The maximum Gasteiger partial charge on any atom is 0.207 e. The molecule has 0 saturated heterocycles. The van der Waals surface area contributed by atoms with E-state index in [1.54, 1.807) is 0 Å². The zero-order chi connectivity index (χ0) is 17.9. The summed E-state index contributed by atoms with van der Waals surface area (Å²) in [5, 5.41) is 13.6. The number of nitrogens with one attached hydrogen (secondary N) is 1. The number of benzene rings is 2. The Bertz CT molecular complexity index is 1050. The van der Waals surface area contributed by atoms with Crippen molar-refractivity contribution >= 4 is 16.7 Å². The van der Waals surface area contributed by atoms with Crippen molar-refractivity contribution < 1.29 is 9.18 Å². The lowest BCUT2D eigenvalue weighted by molar-refractivity contribution is 0.0977. The van der Waals surface area contributed by atoms with E-state index in [2.05, 4.69) is 20.4 Å². The third kappa shape index (κ3) is 3.23. The Morgan fingerprint density at radius 1 is 1.12 bits per heavy atom. The van der Waals surface area contributed by atoms with Gasteiger partial charge in [-0.25, -0.2) is 4.39 Å². The van der Waals surface area contributed by atoms with Crippen LogP contribution in [0.3, 0.4) is 0 Å². The van der Waals surface area contributed by atoms with Crippen molar-refractivity contribution in [1.82, 2.24) is 25.2 Å². The number of para-hydroxylation sites is 1. The molecule has 130 valence electrons. The zero-order valence-electron chi connectivity index (χ0n) is 13.9. The minimum absolute atomic E-state index is 0.0260. The van der Waals surface area contributed by atoms with Crippen molar-refractivity contribution in [3.63, 3.8) is 0 Å². The number of aromatic amines is 1. The van der Waals surface area contributed by atoms with E-state index in [1.807, 2.05) is 30.5 Å². The van der Waals surface area contributed by atoms with Crippen LogP contribution < -0.4 is 0 Å². The van der Waals surface area contributed by atoms with Gasteiger partial charge in [-0.15, -0.1) is 10.2 Å². The summed E-state index contributed by atoms with van der Waals surface area (Å²) in [4.78, 5) is 16.8. The van der Waals surface area contributed by atoms with E-state index >= 15 is 0 Å². The third-order valence-electron chi connectivity index (χ3n) is 4.21. The van der Waals surface area contributed by atoms with Gasteiger partial charge >= 0.3 is 0 Å². The van der Waals surface area contributed by atoms with Gasteiger partial charge in [0.2, 0.25) is 5.82 Å². The second-order valence-electron chi connectivity index (χ2n) is 5.99. The Hall–Kier alpha value is -3.35. The largest absolute Gasteiger partial charge is 0.360 e. The van der Waals surface area contributed by atoms with Gasteiger partial charge in [0.15, 0.2) is 5.78 Å². The molecule has 0 saturated carbocycles. The number of ketones is 1. The molecule has 0 unspecified atom stereocenters. The smallest absolute Gasteiger partial charge is 0.207 e. The highest BCUT2D eigenvalue weighted by molar-refractivity contribution is 5.96. The molecule has 0 spiro atoms. The number of halogens is 1. The minimum Gasteiger partial charge on any atom is -0.360 e. The zero-order valence-corrected chi connectivity index (χ0v) is 13.9. The number of fused-ring (bicyclic) bond motifs is 1. The van der Waals surface area contributed by atoms with Gasteiger partial charge in [-0.2, -0.15) is 4.80 Å². The highest BCUT2D eigenvalue weighted by atomic mass is 19.1. The normalized spacial score (nSPS) is 11.1. The summed E-state index contributed by atoms with van der Waals surface area (Å²) in [7, 11) is 0.